The third-order valence-corrected chi connectivity index (χ3v) is 5.89. The van der Waals surface area contributed by atoms with Gasteiger partial charge >= 0.3 is 5.97 Å². The van der Waals surface area contributed by atoms with Crippen LogP contribution >= 0.6 is 12.4 Å². The number of esters is 1. The summed E-state index contributed by atoms with van der Waals surface area (Å²) >= 11 is 0. The summed E-state index contributed by atoms with van der Waals surface area (Å²) in [5.74, 6) is 0.571. The number of anilines is 1. The lowest BCUT2D eigenvalue weighted by Crippen LogP contribution is -2.34. The Morgan fingerprint density at radius 1 is 1.08 bits per heavy atom. The third kappa shape index (κ3) is 6.28. The quantitative estimate of drug-likeness (QED) is 0.196. The van der Waals surface area contributed by atoms with Crippen LogP contribution in [0.2, 0.25) is 0 Å². The van der Waals surface area contributed by atoms with Gasteiger partial charge in [0.25, 0.3) is 5.91 Å². The van der Waals surface area contributed by atoms with Crippen LogP contribution < -0.4 is 10.6 Å². The SMILES string of the molecule is COC(=O)CCN(C(=O)c1cnc2c(c1)nc(CCc1ccc(C(=N)N)cc1)n2C)c1ccccn1.Cl. The van der Waals surface area contributed by atoms with Crippen molar-refractivity contribution >= 4 is 47.1 Å². The molecule has 3 heterocycles. The zero-order chi connectivity index (χ0) is 25.7. The van der Waals surface area contributed by atoms with Crippen molar-refractivity contribution in [3.8, 4) is 0 Å². The molecular weight excluding hydrogens is 494 g/mol. The molecule has 0 aliphatic rings. The number of aryl methyl sites for hydroxylation is 3. The maximum Gasteiger partial charge on any atom is 0.307 e. The highest BCUT2D eigenvalue weighted by Gasteiger charge is 2.22. The van der Waals surface area contributed by atoms with Crippen molar-refractivity contribution < 1.29 is 14.3 Å². The molecule has 10 nitrogen and oxygen atoms in total. The van der Waals surface area contributed by atoms with Crippen molar-refractivity contribution in [1.29, 1.82) is 5.41 Å². The zero-order valence-corrected chi connectivity index (χ0v) is 21.4. The number of hydrogen-bond acceptors (Lipinski definition) is 7. The van der Waals surface area contributed by atoms with Gasteiger partial charge in [-0.05, 0) is 30.2 Å². The molecule has 0 saturated carbocycles. The monoisotopic (exact) mass is 521 g/mol. The van der Waals surface area contributed by atoms with Gasteiger partial charge in [-0.15, -0.1) is 12.4 Å². The molecule has 0 atom stereocenters. The Hall–Kier alpha value is -4.31. The van der Waals surface area contributed by atoms with E-state index in [-0.39, 0.29) is 37.1 Å². The fourth-order valence-corrected chi connectivity index (χ4v) is 3.87. The Bertz CT molecular complexity index is 1410. The van der Waals surface area contributed by atoms with E-state index in [4.69, 9.17) is 20.9 Å². The van der Waals surface area contributed by atoms with Crippen molar-refractivity contribution in [3.05, 3.63) is 83.4 Å². The molecule has 0 unspecified atom stereocenters. The van der Waals surface area contributed by atoms with Gasteiger partial charge in [0.15, 0.2) is 5.65 Å². The minimum atomic E-state index is -0.414. The van der Waals surface area contributed by atoms with Gasteiger partial charge in [0.1, 0.15) is 23.0 Å². The van der Waals surface area contributed by atoms with Crippen LogP contribution in [0.3, 0.4) is 0 Å². The average Bonchev–Trinajstić information content (AvgIpc) is 3.22. The number of rotatable bonds is 9. The van der Waals surface area contributed by atoms with Crippen molar-refractivity contribution in [2.24, 2.45) is 12.8 Å². The molecule has 11 heteroatoms. The van der Waals surface area contributed by atoms with Crippen LogP contribution in [-0.2, 0) is 29.4 Å². The first kappa shape index (κ1) is 27.3. The number of carbonyl (C=O) groups is 2. The molecule has 4 rings (SSSR count). The smallest absolute Gasteiger partial charge is 0.307 e. The number of ether oxygens (including phenoxy) is 1. The van der Waals surface area contributed by atoms with E-state index in [1.807, 2.05) is 35.9 Å². The first-order valence-electron chi connectivity index (χ1n) is 11.4. The number of nitrogens with two attached hydrogens (primary N) is 1. The Kier molecular flexibility index (Phi) is 8.91. The number of nitrogen functional groups attached to an aromatic ring is 1. The Morgan fingerprint density at radius 2 is 1.84 bits per heavy atom. The fraction of sp³-hybridized carbons (Fsp3) is 0.231. The highest BCUT2D eigenvalue weighted by molar-refractivity contribution is 6.06. The van der Waals surface area contributed by atoms with Crippen LogP contribution in [0.15, 0.2) is 60.9 Å². The van der Waals surface area contributed by atoms with Crippen LogP contribution in [0.5, 0.6) is 0 Å². The lowest BCUT2D eigenvalue weighted by atomic mass is 10.1. The highest BCUT2D eigenvalue weighted by atomic mass is 35.5. The van der Waals surface area contributed by atoms with Gasteiger partial charge in [-0.25, -0.2) is 15.0 Å². The van der Waals surface area contributed by atoms with Gasteiger partial charge in [0, 0.05) is 38.0 Å². The number of benzene rings is 1. The molecule has 0 spiro atoms. The van der Waals surface area contributed by atoms with Crippen molar-refractivity contribution in [2.75, 3.05) is 18.6 Å². The lowest BCUT2D eigenvalue weighted by molar-refractivity contribution is -0.140. The summed E-state index contributed by atoms with van der Waals surface area (Å²) in [6.45, 7) is 0.121. The largest absolute Gasteiger partial charge is 0.469 e. The maximum atomic E-state index is 13.4. The number of hydrogen-bond donors (Lipinski definition) is 2. The summed E-state index contributed by atoms with van der Waals surface area (Å²) in [5.41, 5.74) is 8.95. The summed E-state index contributed by atoms with van der Waals surface area (Å²) in [4.78, 5) is 40.0. The normalized spacial score (nSPS) is 10.5. The first-order valence-corrected chi connectivity index (χ1v) is 11.4. The molecule has 0 saturated heterocycles. The lowest BCUT2D eigenvalue weighted by Gasteiger charge is -2.21. The number of pyridine rings is 2. The second-order valence-corrected chi connectivity index (χ2v) is 8.24. The van der Waals surface area contributed by atoms with E-state index < -0.39 is 5.97 Å². The fourth-order valence-electron chi connectivity index (χ4n) is 3.87. The minimum absolute atomic E-state index is 0. The molecule has 4 aromatic rings. The molecule has 3 aromatic heterocycles. The van der Waals surface area contributed by atoms with Gasteiger partial charge in [-0.2, -0.15) is 0 Å². The number of aromatic nitrogens is 4. The van der Waals surface area contributed by atoms with Gasteiger partial charge < -0.3 is 15.0 Å². The van der Waals surface area contributed by atoms with Crippen molar-refractivity contribution in [1.82, 2.24) is 19.5 Å². The summed E-state index contributed by atoms with van der Waals surface area (Å²) in [7, 11) is 3.21. The number of nitrogens with one attached hydrogen (secondary N) is 1. The van der Waals surface area contributed by atoms with Crippen LogP contribution in [0.25, 0.3) is 11.2 Å². The molecule has 0 radical (unpaired) electrons. The second kappa shape index (κ2) is 12.1. The van der Waals surface area contributed by atoms with E-state index >= 15 is 0 Å². The number of nitrogens with zero attached hydrogens (tertiary/aromatic N) is 5. The molecule has 37 heavy (non-hydrogen) atoms. The van der Waals surface area contributed by atoms with Gasteiger partial charge in [-0.1, -0.05) is 30.3 Å². The van der Waals surface area contributed by atoms with Gasteiger partial charge in [-0.3, -0.25) is 19.9 Å². The predicted molar refractivity (Wildman–Crippen MR) is 143 cm³/mol. The molecule has 0 fully saturated rings. The minimum Gasteiger partial charge on any atom is -0.469 e. The molecule has 1 amide bonds. The summed E-state index contributed by atoms with van der Waals surface area (Å²) in [6.07, 6.45) is 4.57. The maximum absolute atomic E-state index is 13.4. The zero-order valence-electron chi connectivity index (χ0n) is 20.5. The molecule has 192 valence electrons. The van der Waals surface area contributed by atoms with E-state index in [1.165, 1.54) is 18.2 Å². The number of fused-ring (bicyclic) bond motifs is 1. The van der Waals surface area contributed by atoms with E-state index in [2.05, 4.69) is 9.97 Å². The summed E-state index contributed by atoms with van der Waals surface area (Å²) < 4.78 is 6.65. The number of carbonyl (C=O) groups excluding carboxylic acids is 2. The molecule has 1 aromatic carbocycles. The van der Waals surface area contributed by atoms with Gasteiger partial charge in [0.2, 0.25) is 0 Å². The Labute approximate surface area is 220 Å². The van der Waals surface area contributed by atoms with E-state index in [9.17, 15) is 9.59 Å². The first-order chi connectivity index (χ1) is 17.4. The van der Waals surface area contributed by atoms with E-state index in [0.29, 0.717) is 34.5 Å². The summed E-state index contributed by atoms with van der Waals surface area (Å²) in [5, 5.41) is 7.51. The van der Waals surface area contributed by atoms with Crippen LogP contribution in [0, 0.1) is 5.41 Å². The molecule has 0 aliphatic heterocycles. The second-order valence-electron chi connectivity index (χ2n) is 8.24. The average molecular weight is 522 g/mol. The van der Waals surface area contributed by atoms with E-state index in [0.717, 1.165) is 17.8 Å². The molecular formula is C26H28ClN7O3. The van der Waals surface area contributed by atoms with E-state index in [1.54, 1.807) is 30.5 Å². The number of imidazole rings is 1. The Morgan fingerprint density at radius 3 is 2.49 bits per heavy atom. The molecule has 0 bridgehead atoms. The summed E-state index contributed by atoms with van der Waals surface area (Å²) in [6, 6.07) is 14.5. The topological polar surface area (TPSA) is 140 Å². The number of halogens is 1. The predicted octanol–water partition coefficient (Wildman–Crippen LogP) is 3.06. The van der Waals surface area contributed by atoms with Crippen LogP contribution in [-0.4, -0.2) is 50.9 Å². The number of methoxy groups -OCH3 is 1. The van der Waals surface area contributed by atoms with Crippen molar-refractivity contribution in [2.45, 2.75) is 19.3 Å². The Balaban J connectivity index is 0.00000380. The number of amides is 1. The van der Waals surface area contributed by atoms with Crippen LogP contribution in [0.4, 0.5) is 5.82 Å². The standard InChI is InChI=1S/C26H27N7O3.ClH/c1-32-22(11-8-17-6-9-18(10-7-17)24(27)28)31-20-15-19(16-30-25(20)32)26(35)33(14-12-23(34)36-2)21-5-3-4-13-29-21;/h3-7,9-10,13,15-16H,8,11-12,14H2,1-2H3,(H3,27,28);1H. The third-order valence-electron chi connectivity index (χ3n) is 5.89. The number of amidine groups is 1. The molecule has 0 aliphatic carbocycles. The molecule has 3 N–H and O–H groups in total. The van der Waals surface area contributed by atoms with Gasteiger partial charge in [0.05, 0.1) is 19.1 Å². The van der Waals surface area contributed by atoms with Crippen LogP contribution in [0.1, 0.15) is 33.7 Å². The highest BCUT2D eigenvalue weighted by Crippen LogP contribution is 2.20. The van der Waals surface area contributed by atoms with Crippen molar-refractivity contribution in [3.63, 3.8) is 0 Å².